The lowest BCUT2D eigenvalue weighted by molar-refractivity contribution is 0.0358. The van der Waals surface area contributed by atoms with Gasteiger partial charge in [-0.3, -0.25) is 0 Å². The molecule has 0 saturated carbocycles. The van der Waals surface area contributed by atoms with Crippen LogP contribution in [0.15, 0.2) is 48.5 Å². The van der Waals surface area contributed by atoms with Crippen molar-refractivity contribution in [3.05, 3.63) is 70.2 Å². The number of hydrogen-bond acceptors (Lipinski definition) is 2. The average molecular weight is 288 g/mol. The van der Waals surface area contributed by atoms with Crippen LogP contribution in [-0.2, 0) is 12.8 Å². The first-order valence-electron chi connectivity index (χ1n) is 6.85. The van der Waals surface area contributed by atoms with E-state index in [0.717, 1.165) is 18.4 Å². The number of fused-ring (bicyclic) bond motifs is 1. The Morgan fingerprint density at radius 3 is 2.30 bits per heavy atom. The van der Waals surface area contributed by atoms with Crippen molar-refractivity contribution >= 4 is 11.6 Å². The van der Waals surface area contributed by atoms with Crippen molar-refractivity contribution in [2.75, 3.05) is 6.54 Å². The van der Waals surface area contributed by atoms with Crippen molar-refractivity contribution in [2.24, 2.45) is 11.1 Å². The summed E-state index contributed by atoms with van der Waals surface area (Å²) in [6.07, 6.45) is 1.03. The van der Waals surface area contributed by atoms with E-state index in [1.54, 1.807) is 0 Å². The maximum absolute atomic E-state index is 10.8. The van der Waals surface area contributed by atoms with Crippen molar-refractivity contribution in [3.8, 4) is 0 Å². The highest BCUT2D eigenvalue weighted by Gasteiger charge is 2.42. The summed E-state index contributed by atoms with van der Waals surface area (Å²) < 4.78 is 0. The SMILES string of the molecule is NCC1(C(O)c2cccc(Cl)c2)Cc2ccccc2C1. The fraction of sp³-hybridized carbons (Fsp3) is 0.294. The molecule has 104 valence electrons. The number of halogens is 1. The smallest absolute Gasteiger partial charge is 0.0865 e. The molecule has 1 aliphatic carbocycles. The van der Waals surface area contributed by atoms with E-state index in [0.29, 0.717) is 11.6 Å². The van der Waals surface area contributed by atoms with Gasteiger partial charge in [0.2, 0.25) is 0 Å². The average Bonchev–Trinajstić information content (AvgIpc) is 2.86. The molecule has 3 heteroatoms. The summed E-state index contributed by atoms with van der Waals surface area (Å²) in [6.45, 7) is 0.454. The first-order valence-corrected chi connectivity index (χ1v) is 7.23. The van der Waals surface area contributed by atoms with E-state index in [4.69, 9.17) is 17.3 Å². The summed E-state index contributed by atoms with van der Waals surface area (Å²) in [6, 6.07) is 15.7. The van der Waals surface area contributed by atoms with E-state index in [-0.39, 0.29) is 5.41 Å². The van der Waals surface area contributed by atoms with Crippen LogP contribution >= 0.6 is 11.6 Å². The van der Waals surface area contributed by atoms with E-state index in [1.165, 1.54) is 11.1 Å². The predicted molar refractivity (Wildman–Crippen MR) is 81.7 cm³/mol. The summed E-state index contributed by atoms with van der Waals surface area (Å²) >= 11 is 6.03. The fourth-order valence-corrected chi connectivity index (χ4v) is 3.40. The summed E-state index contributed by atoms with van der Waals surface area (Å²) in [5.41, 5.74) is 9.13. The van der Waals surface area contributed by atoms with Gasteiger partial charge < -0.3 is 10.8 Å². The molecule has 20 heavy (non-hydrogen) atoms. The molecule has 0 bridgehead atoms. The second kappa shape index (κ2) is 5.21. The third kappa shape index (κ3) is 2.24. The van der Waals surface area contributed by atoms with E-state index < -0.39 is 6.10 Å². The number of nitrogens with two attached hydrogens (primary N) is 1. The fourth-order valence-electron chi connectivity index (χ4n) is 3.20. The topological polar surface area (TPSA) is 46.2 Å². The monoisotopic (exact) mass is 287 g/mol. The van der Waals surface area contributed by atoms with Crippen molar-refractivity contribution < 1.29 is 5.11 Å². The highest BCUT2D eigenvalue weighted by Crippen LogP contribution is 2.45. The molecule has 0 saturated heterocycles. The third-order valence-corrected chi connectivity index (χ3v) is 4.59. The Morgan fingerprint density at radius 1 is 1.10 bits per heavy atom. The minimum atomic E-state index is -0.599. The van der Waals surface area contributed by atoms with Gasteiger partial charge in [0.25, 0.3) is 0 Å². The maximum Gasteiger partial charge on any atom is 0.0865 e. The second-order valence-corrected chi connectivity index (χ2v) is 6.08. The van der Waals surface area contributed by atoms with Gasteiger partial charge in [0.1, 0.15) is 0 Å². The molecular formula is C17H18ClNO. The number of benzene rings is 2. The van der Waals surface area contributed by atoms with Gasteiger partial charge in [0, 0.05) is 17.0 Å². The van der Waals surface area contributed by atoms with E-state index in [2.05, 4.69) is 12.1 Å². The van der Waals surface area contributed by atoms with Crippen LogP contribution in [0.5, 0.6) is 0 Å². The Morgan fingerprint density at radius 2 is 1.75 bits per heavy atom. The number of rotatable bonds is 3. The standard InChI is InChI=1S/C17H18ClNO/c18-15-7-3-6-12(8-15)16(20)17(11-19)9-13-4-1-2-5-14(13)10-17/h1-8,16,20H,9-11,19H2. The molecule has 0 aromatic heterocycles. The Kier molecular flexibility index (Phi) is 3.55. The van der Waals surface area contributed by atoms with Crippen LogP contribution in [0.3, 0.4) is 0 Å². The molecule has 0 heterocycles. The second-order valence-electron chi connectivity index (χ2n) is 5.65. The van der Waals surface area contributed by atoms with Crippen molar-refractivity contribution in [1.82, 2.24) is 0 Å². The van der Waals surface area contributed by atoms with Crippen LogP contribution in [0.1, 0.15) is 22.8 Å². The van der Waals surface area contributed by atoms with Gasteiger partial charge in [-0.25, -0.2) is 0 Å². The Hall–Kier alpha value is -1.35. The van der Waals surface area contributed by atoms with Gasteiger partial charge in [-0.1, -0.05) is 48.0 Å². The Labute approximate surface area is 124 Å². The molecule has 1 unspecified atom stereocenters. The molecule has 0 spiro atoms. The van der Waals surface area contributed by atoms with Crippen molar-refractivity contribution in [2.45, 2.75) is 18.9 Å². The molecule has 0 fully saturated rings. The molecule has 3 rings (SSSR count). The van der Waals surface area contributed by atoms with E-state index >= 15 is 0 Å². The summed E-state index contributed by atoms with van der Waals surface area (Å²) in [7, 11) is 0. The van der Waals surface area contributed by atoms with Crippen LogP contribution in [0, 0.1) is 5.41 Å². The van der Waals surface area contributed by atoms with Crippen LogP contribution in [-0.4, -0.2) is 11.7 Å². The first kappa shape index (κ1) is 13.6. The lowest BCUT2D eigenvalue weighted by Gasteiger charge is -2.33. The molecule has 0 radical (unpaired) electrons. The van der Waals surface area contributed by atoms with E-state index in [1.807, 2.05) is 36.4 Å². The molecule has 2 nitrogen and oxygen atoms in total. The van der Waals surface area contributed by atoms with Gasteiger partial charge >= 0.3 is 0 Å². The number of aliphatic hydroxyl groups excluding tert-OH is 1. The third-order valence-electron chi connectivity index (χ3n) is 4.35. The minimum Gasteiger partial charge on any atom is -0.388 e. The van der Waals surface area contributed by atoms with Crippen molar-refractivity contribution in [1.29, 1.82) is 0 Å². The number of aliphatic hydroxyl groups is 1. The highest BCUT2D eigenvalue weighted by atomic mass is 35.5. The van der Waals surface area contributed by atoms with Crippen LogP contribution in [0.2, 0.25) is 5.02 Å². The van der Waals surface area contributed by atoms with Crippen molar-refractivity contribution in [3.63, 3.8) is 0 Å². The summed E-state index contributed by atoms with van der Waals surface area (Å²) in [5.74, 6) is 0. The zero-order valence-corrected chi connectivity index (χ0v) is 12.0. The summed E-state index contributed by atoms with van der Waals surface area (Å²) in [4.78, 5) is 0. The minimum absolute atomic E-state index is 0.325. The Bertz CT molecular complexity index is 601. The van der Waals surface area contributed by atoms with Crippen LogP contribution < -0.4 is 5.73 Å². The molecule has 0 aliphatic heterocycles. The van der Waals surface area contributed by atoms with Gasteiger partial charge in [0.15, 0.2) is 0 Å². The lowest BCUT2D eigenvalue weighted by atomic mass is 9.76. The van der Waals surface area contributed by atoms with Gasteiger partial charge in [-0.05, 0) is 41.7 Å². The predicted octanol–water partition coefficient (Wildman–Crippen LogP) is 3.12. The first-order chi connectivity index (χ1) is 9.64. The molecular weight excluding hydrogens is 270 g/mol. The molecule has 2 aromatic carbocycles. The van der Waals surface area contributed by atoms with Crippen LogP contribution in [0.4, 0.5) is 0 Å². The molecule has 1 atom stereocenters. The van der Waals surface area contributed by atoms with Crippen LogP contribution in [0.25, 0.3) is 0 Å². The molecule has 3 N–H and O–H groups in total. The zero-order valence-electron chi connectivity index (χ0n) is 11.2. The molecule has 2 aromatic rings. The van der Waals surface area contributed by atoms with E-state index in [9.17, 15) is 5.11 Å². The van der Waals surface area contributed by atoms with Gasteiger partial charge in [-0.2, -0.15) is 0 Å². The van der Waals surface area contributed by atoms with Gasteiger partial charge in [0.05, 0.1) is 6.10 Å². The normalized spacial score (nSPS) is 17.8. The molecule has 0 amide bonds. The quantitative estimate of drug-likeness (QED) is 0.911. The largest absolute Gasteiger partial charge is 0.388 e. The molecule has 1 aliphatic rings. The maximum atomic E-state index is 10.8. The summed E-state index contributed by atoms with van der Waals surface area (Å²) in [5, 5.41) is 11.5. The van der Waals surface area contributed by atoms with Gasteiger partial charge in [-0.15, -0.1) is 0 Å². The zero-order chi connectivity index (χ0) is 14.2. The highest BCUT2D eigenvalue weighted by molar-refractivity contribution is 6.30. The lowest BCUT2D eigenvalue weighted by Crippen LogP contribution is -2.37. The number of hydrogen-bond donors (Lipinski definition) is 2. The Balaban J connectivity index is 1.95.